The second-order valence-electron chi connectivity index (χ2n) is 2.36. The summed E-state index contributed by atoms with van der Waals surface area (Å²) in [6.45, 7) is 0.669. The van der Waals surface area contributed by atoms with Crippen LogP contribution in [-0.2, 0) is 0 Å². The lowest BCUT2D eigenvalue weighted by Crippen LogP contribution is -2.21. The zero-order valence-corrected chi connectivity index (χ0v) is 7.38. The SMILES string of the molecule is NNC/C=C/c1ccc(Cl)cc1. The second kappa shape index (κ2) is 4.93. The first-order chi connectivity index (χ1) is 5.83. The van der Waals surface area contributed by atoms with Gasteiger partial charge in [0.25, 0.3) is 0 Å². The standard InChI is InChI=1S/C9H11ClN2/c10-9-5-3-8(4-6-9)2-1-7-12-11/h1-6,12H,7,11H2/b2-1+. The Morgan fingerprint density at radius 3 is 2.58 bits per heavy atom. The summed E-state index contributed by atoms with van der Waals surface area (Å²) in [6.07, 6.45) is 3.93. The molecule has 1 rings (SSSR count). The van der Waals surface area contributed by atoms with E-state index in [2.05, 4.69) is 5.43 Å². The summed E-state index contributed by atoms with van der Waals surface area (Å²) >= 11 is 5.72. The van der Waals surface area contributed by atoms with Gasteiger partial charge in [-0.1, -0.05) is 35.9 Å². The highest BCUT2D eigenvalue weighted by Gasteiger charge is 1.86. The van der Waals surface area contributed by atoms with Crippen molar-refractivity contribution in [2.75, 3.05) is 6.54 Å². The van der Waals surface area contributed by atoms with Crippen molar-refractivity contribution >= 4 is 17.7 Å². The predicted octanol–water partition coefficient (Wildman–Crippen LogP) is 1.82. The van der Waals surface area contributed by atoms with E-state index in [0.29, 0.717) is 6.54 Å². The van der Waals surface area contributed by atoms with Crippen LogP contribution in [0.2, 0.25) is 5.02 Å². The van der Waals surface area contributed by atoms with Crippen LogP contribution in [0.4, 0.5) is 0 Å². The van der Waals surface area contributed by atoms with Gasteiger partial charge in [-0.2, -0.15) is 0 Å². The van der Waals surface area contributed by atoms with Gasteiger partial charge in [0.05, 0.1) is 0 Å². The molecule has 0 unspecified atom stereocenters. The number of benzene rings is 1. The van der Waals surface area contributed by atoms with Crippen molar-refractivity contribution in [3.8, 4) is 0 Å². The molecule has 12 heavy (non-hydrogen) atoms. The lowest BCUT2D eigenvalue weighted by atomic mass is 10.2. The third-order valence-corrected chi connectivity index (χ3v) is 1.67. The van der Waals surface area contributed by atoms with Gasteiger partial charge in [0, 0.05) is 11.6 Å². The second-order valence-corrected chi connectivity index (χ2v) is 2.80. The van der Waals surface area contributed by atoms with Crippen LogP contribution in [0.3, 0.4) is 0 Å². The smallest absolute Gasteiger partial charge is 0.0406 e. The minimum absolute atomic E-state index is 0.669. The molecule has 64 valence electrons. The van der Waals surface area contributed by atoms with Gasteiger partial charge in [0.1, 0.15) is 0 Å². The highest BCUT2D eigenvalue weighted by Crippen LogP contribution is 2.10. The van der Waals surface area contributed by atoms with Crippen molar-refractivity contribution in [1.29, 1.82) is 0 Å². The van der Waals surface area contributed by atoms with Crippen LogP contribution in [0.5, 0.6) is 0 Å². The molecule has 0 spiro atoms. The van der Waals surface area contributed by atoms with Crippen molar-refractivity contribution in [3.63, 3.8) is 0 Å². The molecule has 2 nitrogen and oxygen atoms in total. The summed E-state index contributed by atoms with van der Waals surface area (Å²) in [7, 11) is 0. The summed E-state index contributed by atoms with van der Waals surface area (Å²) in [4.78, 5) is 0. The number of rotatable bonds is 3. The fourth-order valence-electron chi connectivity index (χ4n) is 0.837. The van der Waals surface area contributed by atoms with Crippen LogP contribution in [0.15, 0.2) is 30.3 Å². The van der Waals surface area contributed by atoms with Crippen molar-refractivity contribution in [3.05, 3.63) is 40.9 Å². The number of hydrogen-bond donors (Lipinski definition) is 2. The Morgan fingerprint density at radius 1 is 1.33 bits per heavy atom. The third kappa shape index (κ3) is 3.05. The van der Waals surface area contributed by atoms with E-state index in [9.17, 15) is 0 Å². The highest BCUT2D eigenvalue weighted by molar-refractivity contribution is 6.30. The quantitative estimate of drug-likeness (QED) is 0.553. The molecule has 1 aromatic rings. The fraction of sp³-hybridized carbons (Fsp3) is 0.111. The van der Waals surface area contributed by atoms with E-state index in [0.717, 1.165) is 10.6 Å². The van der Waals surface area contributed by atoms with Gasteiger partial charge >= 0.3 is 0 Å². The van der Waals surface area contributed by atoms with E-state index < -0.39 is 0 Å². The number of hydrogen-bond acceptors (Lipinski definition) is 2. The molecule has 0 fully saturated rings. The average Bonchev–Trinajstić information content (AvgIpc) is 2.09. The maximum absolute atomic E-state index is 5.72. The van der Waals surface area contributed by atoms with Crippen molar-refractivity contribution in [2.24, 2.45) is 5.84 Å². The first kappa shape index (κ1) is 9.26. The number of halogens is 1. The Bertz CT molecular complexity index is 254. The molecule has 3 N–H and O–H groups in total. The lowest BCUT2D eigenvalue weighted by molar-refractivity contribution is 0.825. The zero-order valence-electron chi connectivity index (χ0n) is 6.63. The number of nitrogens with two attached hydrogens (primary N) is 1. The maximum atomic E-state index is 5.72. The molecule has 0 saturated heterocycles. The summed E-state index contributed by atoms with van der Waals surface area (Å²) < 4.78 is 0. The molecule has 0 heterocycles. The van der Waals surface area contributed by atoms with Gasteiger partial charge in [0.15, 0.2) is 0 Å². The van der Waals surface area contributed by atoms with Gasteiger partial charge in [-0.25, -0.2) is 0 Å². The summed E-state index contributed by atoms with van der Waals surface area (Å²) in [5, 5.41) is 0.754. The van der Waals surface area contributed by atoms with E-state index >= 15 is 0 Å². The lowest BCUT2D eigenvalue weighted by Gasteiger charge is -1.93. The third-order valence-electron chi connectivity index (χ3n) is 1.42. The van der Waals surface area contributed by atoms with Gasteiger partial charge in [-0.3, -0.25) is 11.3 Å². The van der Waals surface area contributed by atoms with Gasteiger partial charge in [-0.15, -0.1) is 0 Å². The molecule has 0 radical (unpaired) electrons. The van der Waals surface area contributed by atoms with Gasteiger partial charge < -0.3 is 0 Å². The van der Waals surface area contributed by atoms with Crippen LogP contribution in [0.1, 0.15) is 5.56 Å². The Labute approximate surface area is 77.0 Å². The Hall–Kier alpha value is -0.830. The Morgan fingerprint density at radius 2 is 2.00 bits per heavy atom. The molecule has 1 aromatic carbocycles. The number of nitrogens with one attached hydrogen (secondary N) is 1. The van der Waals surface area contributed by atoms with Gasteiger partial charge in [0.2, 0.25) is 0 Å². The minimum atomic E-state index is 0.669. The topological polar surface area (TPSA) is 38.0 Å². The predicted molar refractivity (Wildman–Crippen MR) is 52.7 cm³/mol. The first-order valence-electron chi connectivity index (χ1n) is 3.68. The molecule has 0 bridgehead atoms. The molecule has 0 aliphatic carbocycles. The van der Waals surface area contributed by atoms with Crippen molar-refractivity contribution < 1.29 is 0 Å². The van der Waals surface area contributed by atoms with E-state index in [1.54, 1.807) is 0 Å². The maximum Gasteiger partial charge on any atom is 0.0406 e. The zero-order chi connectivity index (χ0) is 8.81. The van der Waals surface area contributed by atoms with Crippen LogP contribution in [0, 0.1) is 0 Å². The van der Waals surface area contributed by atoms with Crippen LogP contribution >= 0.6 is 11.6 Å². The minimum Gasteiger partial charge on any atom is -0.271 e. The Balaban J connectivity index is 2.58. The molecule has 0 aliphatic heterocycles. The molecule has 0 amide bonds. The van der Waals surface area contributed by atoms with E-state index in [-0.39, 0.29) is 0 Å². The Kier molecular flexibility index (Phi) is 3.80. The number of hydrazine groups is 1. The van der Waals surface area contributed by atoms with Gasteiger partial charge in [-0.05, 0) is 17.7 Å². The van der Waals surface area contributed by atoms with Crippen LogP contribution in [-0.4, -0.2) is 6.54 Å². The molecule has 3 heteroatoms. The van der Waals surface area contributed by atoms with E-state index in [1.165, 1.54) is 0 Å². The molecular formula is C9H11ClN2. The summed E-state index contributed by atoms with van der Waals surface area (Å²) in [5.74, 6) is 5.09. The largest absolute Gasteiger partial charge is 0.271 e. The highest BCUT2D eigenvalue weighted by atomic mass is 35.5. The fourth-order valence-corrected chi connectivity index (χ4v) is 0.963. The van der Waals surface area contributed by atoms with Crippen LogP contribution in [0.25, 0.3) is 6.08 Å². The van der Waals surface area contributed by atoms with E-state index in [4.69, 9.17) is 17.4 Å². The molecular weight excluding hydrogens is 172 g/mol. The molecule has 0 atom stereocenters. The normalized spacial score (nSPS) is 10.8. The van der Waals surface area contributed by atoms with E-state index in [1.807, 2.05) is 36.4 Å². The van der Waals surface area contributed by atoms with Crippen LogP contribution < -0.4 is 11.3 Å². The molecule has 0 aliphatic rings. The summed E-state index contributed by atoms with van der Waals surface area (Å²) in [6, 6.07) is 7.62. The van der Waals surface area contributed by atoms with Crippen molar-refractivity contribution in [2.45, 2.75) is 0 Å². The molecule has 0 saturated carbocycles. The first-order valence-corrected chi connectivity index (χ1v) is 4.06. The average molecular weight is 183 g/mol. The summed E-state index contributed by atoms with van der Waals surface area (Å²) in [5.41, 5.74) is 3.66. The monoisotopic (exact) mass is 182 g/mol. The van der Waals surface area contributed by atoms with Crippen molar-refractivity contribution in [1.82, 2.24) is 5.43 Å². The molecule has 0 aromatic heterocycles.